The monoisotopic (exact) mass is 235 g/mol. The molecule has 0 aliphatic heterocycles. The van der Waals surface area contributed by atoms with Gasteiger partial charge in [-0.25, -0.2) is 0 Å². The minimum Gasteiger partial charge on any atom is -0.494 e. The van der Waals surface area contributed by atoms with Gasteiger partial charge in [0.2, 0.25) is 5.91 Å². The number of nitrogens with zero attached hydrogens (tertiary/aromatic N) is 1. The zero-order chi connectivity index (χ0) is 12.8. The quantitative estimate of drug-likeness (QED) is 0.784. The van der Waals surface area contributed by atoms with Gasteiger partial charge in [-0.2, -0.15) is 0 Å². The van der Waals surface area contributed by atoms with E-state index in [0.29, 0.717) is 6.61 Å². The fraction of sp³-hybridized carbons (Fsp3) is 0.500. The van der Waals surface area contributed by atoms with Crippen LogP contribution in [0, 0.1) is 0 Å². The Hall–Kier alpha value is -1.51. The third-order valence-electron chi connectivity index (χ3n) is 2.90. The van der Waals surface area contributed by atoms with Gasteiger partial charge in [-0.05, 0) is 38.0 Å². The molecule has 0 aromatic heterocycles. The lowest BCUT2D eigenvalue weighted by atomic mass is 10.1. The van der Waals surface area contributed by atoms with E-state index < -0.39 is 0 Å². The van der Waals surface area contributed by atoms with Crippen molar-refractivity contribution in [1.82, 2.24) is 4.90 Å². The first kappa shape index (κ1) is 13.6. The molecular weight excluding hydrogens is 214 g/mol. The first-order valence-corrected chi connectivity index (χ1v) is 5.99. The average molecular weight is 235 g/mol. The minimum absolute atomic E-state index is 0.0958. The molecule has 1 aromatic carbocycles. The van der Waals surface area contributed by atoms with Crippen LogP contribution in [0.4, 0.5) is 0 Å². The van der Waals surface area contributed by atoms with Crippen molar-refractivity contribution >= 4 is 5.91 Å². The van der Waals surface area contributed by atoms with Gasteiger partial charge in [-0.1, -0.05) is 12.1 Å². The zero-order valence-electron chi connectivity index (χ0n) is 11.1. The number of hydrogen-bond donors (Lipinski definition) is 0. The molecule has 1 unspecified atom stereocenters. The Balaban J connectivity index is 2.67. The molecule has 0 N–H and O–H groups in total. The molecule has 0 bridgehead atoms. The van der Waals surface area contributed by atoms with E-state index in [1.54, 1.807) is 11.8 Å². The van der Waals surface area contributed by atoms with Crippen LogP contribution < -0.4 is 4.74 Å². The van der Waals surface area contributed by atoms with Gasteiger partial charge in [0.05, 0.1) is 6.61 Å². The summed E-state index contributed by atoms with van der Waals surface area (Å²) in [4.78, 5) is 13.0. The molecule has 0 fully saturated rings. The van der Waals surface area contributed by atoms with E-state index >= 15 is 0 Å². The number of likely N-dealkylation sites (N-methyl/N-ethyl adjacent to an activating group) is 1. The van der Waals surface area contributed by atoms with E-state index in [4.69, 9.17) is 4.74 Å². The minimum atomic E-state index is 0.0958. The van der Waals surface area contributed by atoms with E-state index in [9.17, 15) is 4.79 Å². The first-order chi connectivity index (χ1) is 8.04. The van der Waals surface area contributed by atoms with Gasteiger partial charge < -0.3 is 9.64 Å². The number of hydrogen-bond acceptors (Lipinski definition) is 2. The van der Waals surface area contributed by atoms with Gasteiger partial charge in [0.25, 0.3) is 0 Å². The molecule has 1 amide bonds. The van der Waals surface area contributed by atoms with Crippen LogP contribution in [-0.4, -0.2) is 30.5 Å². The van der Waals surface area contributed by atoms with Gasteiger partial charge in [-0.15, -0.1) is 0 Å². The van der Waals surface area contributed by atoms with Crippen LogP contribution in [0.25, 0.3) is 0 Å². The molecule has 0 saturated heterocycles. The van der Waals surface area contributed by atoms with Gasteiger partial charge >= 0.3 is 0 Å². The third-order valence-corrected chi connectivity index (χ3v) is 2.90. The Morgan fingerprint density at radius 2 is 2.18 bits per heavy atom. The van der Waals surface area contributed by atoms with Gasteiger partial charge in [0, 0.05) is 20.0 Å². The van der Waals surface area contributed by atoms with Crippen molar-refractivity contribution in [2.24, 2.45) is 0 Å². The van der Waals surface area contributed by atoms with E-state index in [1.807, 2.05) is 32.2 Å². The van der Waals surface area contributed by atoms with Crippen LogP contribution in [0.5, 0.6) is 5.75 Å². The van der Waals surface area contributed by atoms with Gasteiger partial charge in [-0.3, -0.25) is 4.79 Å². The standard InChI is InChI=1S/C14H21NO2/c1-5-17-14-8-6-7-13(10-14)9-11(2)15(4)12(3)16/h6-8,10-11H,5,9H2,1-4H3. The Kier molecular flexibility index (Phi) is 5.01. The number of benzene rings is 1. The lowest BCUT2D eigenvalue weighted by Crippen LogP contribution is -2.34. The summed E-state index contributed by atoms with van der Waals surface area (Å²) >= 11 is 0. The molecule has 0 aliphatic rings. The molecular formula is C14H21NO2. The van der Waals surface area contributed by atoms with E-state index in [-0.39, 0.29) is 11.9 Å². The Bertz CT molecular complexity index is 376. The highest BCUT2D eigenvalue weighted by Gasteiger charge is 2.12. The third kappa shape index (κ3) is 4.10. The van der Waals surface area contributed by atoms with Crippen LogP contribution in [0.3, 0.4) is 0 Å². The number of carbonyl (C=O) groups excluding carboxylic acids is 1. The van der Waals surface area contributed by atoms with Crippen LogP contribution in [0.15, 0.2) is 24.3 Å². The van der Waals surface area contributed by atoms with Crippen LogP contribution in [0.1, 0.15) is 26.3 Å². The molecule has 3 heteroatoms. The second-order valence-corrected chi connectivity index (χ2v) is 4.26. The van der Waals surface area contributed by atoms with Gasteiger partial charge in [0.1, 0.15) is 5.75 Å². The maximum absolute atomic E-state index is 11.2. The topological polar surface area (TPSA) is 29.5 Å². The van der Waals surface area contributed by atoms with Crippen molar-refractivity contribution < 1.29 is 9.53 Å². The molecule has 0 aliphatic carbocycles. The van der Waals surface area contributed by atoms with E-state index in [2.05, 4.69) is 13.0 Å². The largest absolute Gasteiger partial charge is 0.494 e. The van der Waals surface area contributed by atoms with Crippen molar-refractivity contribution in [2.75, 3.05) is 13.7 Å². The van der Waals surface area contributed by atoms with Crippen LogP contribution in [-0.2, 0) is 11.2 Å². The van der Waals surface area contributed by atoms with E-state index in [1.165, 1.54) is 5.56 Å². The van der Waals surface area contributed by atoms with Crippen LogP contribution >= 0.6 is 0 Å². The molecule has 1 rings (SSSR count). The number of carbonyl (C=O) groups is 1. The summed E-state index contributed by atoms with van der Waals surface area (Å²) in [5.41, 5.74) is 1.19. The summed E-state index contributed by atoms with van der Waals surface area (Å²) in [6.07, 6.45) is 0.844. The normalized spacial score (nSPS) is 12.0. The molecule has 0 saturated carbocycles. The summed E-state index contributed by atoms with van der Waals surface area (Å²) in [5, 5.41) is 0. The van der Waals surface area contributed by atoms with Crippen molar-refractivity contribution in [1.29, 1.82) is 0 Å². The highest BCUT2D eigenvalue weighted by Crippen LogP contribution is 2.15. The fourth-order valence-electron chi connectivity index (χ4n) is 1.72. The maximum atomic E-state index is 11.2. The maximum Gasteiger partial charge on any atom is 0.219 e. The Morgan fingerprint density at radius 3 is 2.76 bits per heavy atom. The van der Waals surface area contributed by atoms with Crippen LogP contribution in [0.2, 0.25) is 0 Å². The fourth-order valence-corrected chi connectivity index (χ4v) is 1.72. The summed E-state index contributed by atoms with van der Waals surface area (Å²) < 4.78 is 5.46. The summed E-state index contributed by atoms with van der Waals surface area (Å²) in [5.74, 6) is 0.987. The molecule has 1 atom stereocenters. The van der Waals surface area contributed by atoms with Crippen molar-refractivity contribution in [2.45, 2.75) is 33.2 Å². The highest BCUT2D eigenvalue weighted by molar-refractivity contribution is 5.73. The predicted octanol–water partition coefficient (Wildman–Crippen LogP) is 2.49. The number of rotatable bonds is 5. The zero-order valence-corrected chi connectivity index (χ0v) is 11.1. The number of ether oxygens (including phenoxy) is 1. The summed E-state index contributed by atoms with van der Waals surface area (Å²) in [6.45, 7) is 6.28. The SMILES string of the molecule is CCOc1cccc(CC(C)N(C)C(C)=O)c1. The lowest BCUT2D eigenvalue weighted by molar-refractivity contribution is -0.129. The molecule has 0 radical (unpaired) electrons. The summed E-state index contributed by atoms with van der Waals surface area (Å²) in [7, 11) is 1.83. The number of amides is 1. The van der Waals surface area contributed by atoms with Gasteiger partial charge in [0.15, 0.2) is 0 Å². The highest BCUT2D eigenvalue weighted by atomic mass is 16.5. The second kappa shape index (κ2) is 6.28. The molecule has 1 aromatic rings. The van der Waals surface area contributed by atoms with Crippen molar-refractivity contribution in [3.05, 3.63) is 29.8 Å². The Morgan fingerprint density at radius 1 is 1.47 bits per heavy atom. The first-order valence-electron chi connectivity index (χ1n) is 5.99. The van der Waals surface area contributed by atoms with Crippen molar-refractivity contribution in [3.8, 4) is 5.75 Å². The molecule has 94 valence electrons. The molecule has 0 heterocycles. The summed E-state index contributed by atoms with van der Waals surface area (Å²) in [6, 6.07) is 8.23. The second-order valence-electron chi connectivity index (χ2n) is 4.26. The average Bonchev–Trinajstić information content (AvgIpc) is 2.28. The smallest absolute Gasteiger partial charge is 0.219 e. The molecule has 17 heavy (non-hydrogen) atoms. The Labute approximate surface area is 103 Å². The predicted molar refractivity (Wildman–Crippen MR) is 69.2 cm³/mol. The van der Waals surface area contributed by atoms with E-state index in [0.717, 1.165) is 12.2 Å². The molecule has 0 spiro atoms. The van der Waals surface area contributed by atoms with Crippen molar-refractivity contribution in [3.63, 3.8) is 0 Å². The lowest BCUT2D eigenvalue weighted by Gasteiger charge is -2.23. The molecule has 3 nitrogen and oxygen atoms in total.